The summed E-state index contributed by atoms with van der Waals surface area (Å²) in [5, 5.41) is 0. The minimum atomic E-state index is -4.11. The van der Waals surface area contributed by atoms with Crippen LogP contribution >= 0.6 is 0 Å². The summed E-state index contributed by atoms with van der Waals surface area (Å²) in [6, 6.07) is 0. The van der Waals surface area contributed by atoms with Crippen molar-refractivity contribution in [2.75, 3.05) is 0 Å². The lowest BCUT2D eigenvalue weighted by molar-refractivity contribution is -0.137. The van der Waals surface area contributed by atoms with Crippen LogP contribution in [0.1, 0.15) is 38.5 Å². The molecule has 2 rings (SSSR count). The first-order valence-corrected chi connectivity index (χ1v) is 5.55. The molecule has 0 aliphatic heterocycles. The van der Waals surface area contributed by atoms with Gasteiger partial charge in [-0.3, -0.25) is 4.79 Å². The Kier molecular flexibility index (Phi) is 2.77. The van der Waals surface area contributed by atoms with Crippen LogP contribution in [0.2, 0.25) is 0 Å². The Morgan fingerprint density at radius 2 is 1.73 bits per heavy atom. The van der Waals surface area contributed by atoms with Gasteiger partial charge in [-0.1, -0.05) is 0 Å². The second-order valence-electron chi connectivity index (χ2n) is 4.86. The molecule has 0 aromatic rings. The molecule has 2 fully saturated rings. The molecule has 0 saturated heterocycles. The molecule has 0 N–H and O–H groups in total. The van der Waals surface area contributed by atoms with E-state index in [9.17, 15) is 18.0 Å². The highest BCUT2D eigenvalue weighted by atomic mass is 19.4. The summed E-state index contributed by atoms with van der Waals surface area (Å²) in [6.07, 6.45) is -1.73. The second kappa shape index (κ2) is 3.80. The van der Waals surface area contributed by atoms with Gasteiger partial charge in [-0.05, 0) is 37.5 Å². The Labute approximate surface area is 87.0 Å². The van der Waals surface area contributed by atoms with E-state index in [2.05, 4.69) is 0 Å². The van der Waals surface area contributed by atoms with E-state index in [1.165, 1.54) is 6.42 Å². The highest BCUT2D eigenvalue weighted by Gasteiger charge is 2.47. The predicted octanol–water partition coefficient (Wildman–Crippen LogP) is 3.33. The van der Waals surface area contributed by atoms with E-state index in [0.717, 1.165) is 24.7 Å². The molecule has 0 bridgehead atoms. The molecular weight excluding hydrogens is 205 g/mol. The molecule has 2 aliphatic rings. The van der Waals surface area contributed by atoms with Crippen molar-refractivity contribution in [3.05, 3.63) is 0 Å². The van der Waals surface area contributed by atoms with Crippen molar-refractivity contribution in [2.45, 2.75) is 44.7 Å². The first-order valence-electron chi connectivity index (χ1n) is 5.55. The Morgan fingerprint density at radius 3 is 2.27 bits per heavy atom. The van der Waals surface area contributed by atoms with Gasteiger partial charge in [0.1, 0.15) is 5.78 Å². The molecule has 2 atom stereocenters. The molecular formula is C11H15F3O. The molecule has 0 heterocycles. The van der Waals surface area contributed by atoms with Crippen LogP contribution in [-0.4, -0.2) is 12.0 Å². The lowest BCUT2D eigenvalue weighted by atomic mass is 9.95. The Bertz CT molecular complexity index is 249. The van der Waals surface area contributed by atoms with Crippen LogP contribution < -0.4 is 0 Å². The van der Waals surface area contributed by atoms with Crippen LogP contribution in [0.4, 0.5) is 13.2 Å². The zero-order valence-corrected chi connectivity index (χ0v) is 8.52. The lowest BCUT2D eigenvalue weighted by Gasteiger charge is -2.10. The Hall–Kier alpha value is -0.540. The van der Waals surface area contributed by atoms with Crippen LogP contribution in [0.15, 0.2) is 0 Å². The summed E-state index contributed by atoms with van der Waals surface area (Å²) in [5.74, 6) is 1.59. The van der Waals surface area contributed by atoms with E-state index in [1.54, 1.807) is 0 Å². The van der Waals surface area contributed by atoms with Gasteiger partial charge in [-0.15, -0.1) is 0 Å². The molecule has 2 unspecified atom stereocenters. The maximum absolute atomic E-state index is 11.8. The molecule has 0 aromatic carbocycles. The molecule has 0 radical (unpaired) electrons. The fourth-order valence-electron chi connectivity index (χ4n) is 2.64. The van der Waals surface area contributed by atoms with E-state index >= 15 is 0 Å². The van der Waals surface area contributed by atoms with Gasteiger partial charge in [0.15, 0.2) is 0 Å². The standard InChI is InChI=1S/C11H15F3O/c12-11(13,14)3-1-2-10(15)9-5-7-4-8(7)6-9/h7-9H,1-6H2. The van der Waals surface area contributed by atoms with Gasteiger partial charge in [0, 0.05) is 18.8 Å². The quantitative estimate of drug-likeness (QED) is 0.710. The van der Waals surface area contributed by atoms with Gasteiger partial charge >= 0.3 is 6.18 Å². The molecule has 2 saturated carbocycles. The van der Waals surface area contributed by atoms with Crippen molar-refractivity contribution in [3.63, 3.8) is 0 Å². The summed E-state index contributed by atoms with van der Waals surface area (Å²) in [6.45, 7) is 0. The smallest absolute Gasteiger partial charge is 0.299 e. The largest absolute Gasteiger partial charge is 0.389 e. The maximum atomic E-state index is 11.8. The average Bonchev–Trinajstić information content (AvgIpc) is 2.71. The minimum absolute atomic E-state index is 0.0336. The third kappa shape index (κ3) is 2.95. The number of carbonyl (C=O) groups excluding carboxylic acids is 1. The zero-order valence-electron chi connectivity index (χ0n) is 8.52. The van der Waals surface area contributed by atoms with Gasteiger partial charge in [-0.2, -0.15) is 13.2 Å². The first-order chi connectivity index (χ1) is 6.96. The van der Waals surface area contributed by atoms with Gasteiger partial charge in [0.05, 0.1) is 0 Å². The molecule has 0 aromatic heterocycles. The van der Waals surface area contributed by atoms with Gasteiger partial charge in [0.2, 0.25) is 0 Å². The fraction of sp³-hybridized carbons (Fsp3) is 0.909. The van der Waals surface area contributed by atoms with Gasteiger partial charge < -0.3 is 0 Å². The number of fused-ring (bicyclic) bond motifs is 1. The number of ketones is 1. The van der Waals surface area contributed by atoms with Crippen LogP contribution in [0, 0.1) is 17.8 Å². The van der Waals surface area contributed by atoms with E-state index in [-0.39, 0.29) is 24.5 Å². The molecule has 1 nitrogen and oxygen atoms in total. The molecule has 0 spiro atoms. The monoisotopic (exact) mass is 220 g/mol. The van der Waals surface area contributed by atoms with Crippen molar-refractivity contribution in [3.8, 4) is 0 Å². The van der Waals surface area contributed by atoms with Gasteiger partial charge in [0.25, 0.3) is 0 Å². The number of rotatable bonds is 4. The summed E-state index contributed by atoms with van der Waals surface area (Å²) in [7, 11) is 0. The van der Waals surface area contributed by atoms with E-state index in [4.69, 9.17) is 0 Å². The van der Waals surface area contributed by atoms with E-state index in [0.29, 0.717) is 0 Å². The van der Waals surface area contributed by atoms with Crippen molar-refractivity contribution in [1.29, 1.82) is 0 Å². The predicted molar refractivity (Wildman–Crippen MR) is 49.2 cm³/mol. The topological polar surface area (TPSA) is 17.1 Å². The van der Waals surface area contributed by atoms with Crippen LogP contribution in [0.5, 0.6) is 0 Å². The third-order valence-corrected chi connectivity index (χ3v) is 3.58. The summed E-state index contributed by atoms with van der Waals surface area (Å²) in [4.78, 5) is 11.5. The average molecular weight is 220 g/mol. The van der Waals surface area contributed by atoms with Crippen molar-refractivity contribution in [2.24, 2.45) is 17.8 Å². The third-order valence-electron chi connectivity index (χ3n) is 3.58. The molecule has 2 aliphatic carbocycles. The molecule has 86 valence electrons. The second-order valence-corrected chi connectivity index (χ2v) is 4.86. The van der Waals surface area contributed by atoms with E-state index < -0.39 is 12.6 Å². The number of hydrogen-bond donors (Lipinski definition) is 0. The number of alkyl halides is 3. The lowest BCUT2D eigenvalue weighted by Crippen LogP contribution is -2.14. The number of Topliss-reactive ketones (excluding diaryl/α,β-unsaturated/α-hetero) is 1. The molecule has 0 amide bonds. The minimum Gasteiger partial charge on any atom is -0.299 e. The summed E-state index contributed by atoms with van der Waals surface area (Å²) >= 11 is 0. The van der Waals surface area contributed by atoms with Crippen LogP contribution in [0.3, 0.4) is 0 Å². The van der Waals surface area contributed by atoms with Crippen LogP contribution in [0.25, 0.3) is 0 Å². The number of hydrogen-bond acceptors (Lipinski definition) is 1. The molecule has 15 heavy (non-hydrogen) atoms. The fourth-order valence-corrected chi connectivity index (χ4v) is 2.64. The zero-order chi connectivity index (χ0) is 11.1. The highest BCUT2D eigenvalue weighted by molar-refractivity contribution is 5.81. The Balaban J connectivity index is 1.65. The van der Waals surface area contributed by atoms with Crippen molar-refractivity contribution < 1.29 is 18.0 Å². The maximum Gasteiger partial charge on any atom is 0.389 e. The van der Waals surface area contributed by atoms with E-state index in [1.807, 2.05) is 0 Å². The molecule has 4 heteroatoms. The number of carbonyl (C=O) groups is 1. The van der Waals surface area contributed by atoms with Crippen molar-refractivity contribution in [1.82, 2.24) is 0 Å². The van der Waals surface area contributed by atoms with Crippen molar-refractivity contribution >= 4 is 5.78 Å². The highest BCUT2D eigenvalue weighted by Crippen LogP contribution is 2.54. The normalized spacial score (nSPS) is 33.9. The van der Waals surface area contributed by atoms with Gasteiger partial charge in [-0.25, -0.2) is 0 Å². The van der Waals surface area contributed by atoms with Crippen LogP contribution in [-0.2, 0) is 4.79 Å². The first kappa shape index (κ1) is 11.0. The number of halogens is 3. The summed E-state index contributed by atoms with van der Waals surface area (Å²) < 4.78 is 35.5. The SMILES string of the molecule is O=C(CCCC(F)(F)F)C1CC2CC2C1. The Morgan fingerprint density at radius 1 is 1.13 bits per heavy atom. The summed E-state index contributed by atoms with van der Waals surface area (Å²) in [5.41, 5.74) is 0.